The van der Waals surface area contributed by atoms with Gasteiger partial charge in [0.2, 0.25) is 10.0 Å². The van der Waals surface area contributed by atoms with Gasteiger partial charge in [0.1, 0.15) is 16.9 Å². The fourth-order valence-corrected chi connectivity index (χ4v) is 2.61. The van der Waals surface area contributed by atoms with Crippen LogP contribution in [0.15, 0.2) is 17.2 Å². The van der Waals surface area contributed by atoms with E-state index in [2.05, 4.69) is 10.3 Å². The molecule has 7 nitrogen and oxygen atoms in total. The van der Waals surface area contributed by atoms with Gasteiger partial charge < -0.3 is 15.0 Å². The Balaban J connectivity index is 2.25. The van der Waals surface area contributed by atoms with Crippen LogP contribution in [0.4, 0.5) is 5.82 Å². The minimum atomic E-state index is -3.80. The Hall–Kier alpha value is -0.930. The zero-order chi connectivity index (χ0) is 14.0. The third-order valence-corrected chi connectivity index (χ3v) is 3.96. The summed E-state index contributed by atoms with van der Waals surface area (Å²) < 4.78 is 28.0. The molecule has 1 fully saturated rings. The molecule has 0 radical (unpaired) electrons. The summed E-state index contributed by atoms with van der Waals surface area (Å²) in [5.74, 6) is 0.447. The normalized spacial score (nSPS) is 20.3. The van der Waals surface area contributed by atoms with Crippen molar-refractivity contribution in [2.75, 3.05) is 31.6 Å². The number of aromatic nitrogens is 1. The maximum absolute atomic E-state index is 11.2. The topological polar surface area (TPSA) is 97.6 Å². The number of pyridine rings is 1. The molecule has 106 valence electrons. The highest BCUT2D eigenvalue weighted by Gasteiger charge is 2.22. The van der Waals surface area contributed by atoms with Crippen LogP contribution in [-0.2, 0) is 14.8 Å². The van der Waals surface area contributed by atoms with Crippen LogP contribution in [0, 0.1) is 0 Å². The van der Waals surface area contributed by atoms with Crippen molar-refractivity contribution in [1.82, 2.24) is 10.3 Å². The molecule has 2 rings (SSSR count). The summed E-state index contributed by atoms with van der Waals surface area (Å²) in [4.78, 5) is 5.68. The summed E-state index contributed by atoms with van der Waals surface area (Å²) in [5, 5.41) is 8.42. The summed E-state index contributed by atoms with van der Waals surface area (Å²) in [6, 6.07) is 1.28. The van der Waals surface area contributed by atoms with Crippen LogP contribution in [0.5, 0.6) is 0 Å². The summed E-state index contributed by atoms with van der Waals surface area (Å²) in [7, 11) is -2.02. The molecule has 1 aliphatic rings. The van der Waals surface area contributed by atoms with Gasteiger partial charge in [-0.05, 0) is 6.07 Å². The first kappa shape index (κ1) is 14.5. The van der Waals surface area contributed by atoms with Crippen LogP contribution in [0.25, 0.3) is 0 Å². The Kier molecular flexibility index (Phi) is 4.26. The molecule has 1 unspecified atom stereocenters. The SMILES string of the molecule is CN(c1ncc(S(N)(=O)=O)cc1Cl)C1CNCCO1. The summed E-state index contributed by atoms with van der Waals surface area (Å²) in [5.41, 5.74) is 0. The molecule has 1 aliphatic heterocycles. The van der Waals surface area contributed by atoms with Gasteiger partial charge in [-0.3, -0.25) is 0 Å². The number of halogens is 1. The number of hydrogen-bond acceptors (Lipinski definition) is 6. The second kappa shape index (κ2) is 5.59. The van der Waals surface area contributed by atoms with Crippen molar-refractivity contribution < 1.29 is 13.2 Å². The Morgan fingerprint density at radius 3 is 2.89 bits per heavy atom. The van der Waals surface area contributed by atoms with E-state index in [9.17, 15) is 8.42 Å². The summed E-state index contributed by atoms with van der Waals surface area (Å²) >= 11 is 6.05. The average molecular weight is 307 g/mol. The maximum atomic E-state index is 11.2. The van der Waals surface area contributed by atoms with Crippen molar-refractivity contribution in [3.8, 4) is 0 Å². The molecule has 9 heteroatoms. The third-order valence-electron chi connectivity index (χ3n) is 2.80. The second-order valence-corrected chi connectivity index (χ2v) is 6.13. The molecule has 1 aromatic rings. The molecule has 0 aliphatic carbocycles. The number of hydrogen-bond donors (Lipinski definition) is 2. The van der Waals surface area contributed by atoms with Crippen LogP contribution in [-0.4, -0.2) is 46.4 Å². The number of nitrogens with two attached hydrogens (primary N) is 1. The number of nitrogens with one attached hydrogen (secondary N) is 1. The van der Waals surface area contributed by atoms with Crippen LogP contribution < -0.4 is 15.4 Å². The predicted octanol–water partition coefficient (Wildman–Crippen LogP) is -0.236. The van der Waals surface area contributed by atoms with E-state index < -0.39 is 10.0 Å². The Morgan fingerprint density at radius 2 is 2.37 bits per heavy atom. The van der Waals surface area contributed by atoms with E-state index in [0.717, 1.165) is 6.54 Å². The molecule has 1 atom stereocenters. The van der Waals surface area contributed by atoms with Crippen molar-refractivity contribution in [2.24, 2.45) is 5.14 Å². The number of nitrogens with zero attached hydrogens (tertiary/aromatic N) is 2. The van der Waals surface area contributed by atoms with Gasteiger partial charge in [0.25, 0.3) is 0 Å². The predicted molar refractivity (Wildman–Crippen MR) is 71.6 cm³/mol. The lowest BCUT2D eigenvalue weighted by Crippen LogP contribution is -2.48. The van der Waals surface area contributed by atoms with Crippen LogP contribution in [0.1, 0.15) is 0 Å². The number of primary sulfonamides is 1. The van der Waals surface area contributed by atoms with E-state index in [0.29, 0.717) is 19.0 Å². The van der Waals surface area contributed by atoms with E-state index in [4.69, 9.17) is 21.5 Å². The van der Waals surface area contributed by atoms with Crippen molar-refractivity contribution >= 4 is 27.4 Å². The van der Waals surface area contributed by atoms with Crippen molar-refractivity contribution in [1.29, 1.82) is 0 Å². The number of morpholine rings is 1. The number of anilines is 1. The third kappa shape index (κ3) is 3.34. The summed E-state index contributed by atoms with van der Waals surface area (Å²) in [6.07, 6.45) is 0.989. The summed E-state index contributed by atoms with van der Waals surface area (Å²) in [6.45, 7) is 2.04. The molecule has 19 heavy (non-hydrogen) atoms. The monoisotopic (exact) mass is 306 g/mol. The van der Waals surface area contributed by atoms with Crippen LogP contribution in [0.3, 0.4) is 0 Å². The first-order chi connectivity index (χ1) is 8.89. The van der Waals surface area contributed by atoms with Gasteiger partial charge in [0.15, 0.2) is 0 Å². The lowest BCUT2D eigenvalue weighted by Gasteiger charge is -2.32. The fourth-order valence-electron chi connectivity index (χ4n) is 1.77. The number of likely N-dealkylation sites (N-methyl/N-ethyl adjacent to an activating group) is 1. The molecule has 2 heterocycles. The zero-order valence-electron chi connectivity index (χ0n) is 10.3. The molecule has 1 saturated heterocycles. The minimum absolute atomic E-state index is 0.114. The Bertz CT molecular complexity index is 560. The lowest BCUT2D eigenvalue weighted by molar-refractivity contribution is 0.0294. The number of sulfonamides is 1. The minimum Gasteiger partial charge on any atom is -0.356 e. The largest absolute Gasteiger partial charge is 0.356 e. The van der Waals surface area contributed by atoms with E-state index in [1.54, 1.807) is 11.9 Å². The molecular formula is C10H15ClN4O3S. The van der Waals surface area contributed by atoms with Gasteiger partial charge >= 0.3 is 0 Å². The molecule has 0 bridgehead atoms. The van der Waals surface area contributed by atoms with Gasteiger partial charge in [-0.1, -0.05) is 11.6 Å². The fraction of sp³-hybridized carbons (Fsp3) is 0.500. The van der Waals surface area contributed by atoms with E-state index >= 15 is 0 Å². The van der Waals surface area contributed by atoms with E-state index in [-0.39, 0.29) is 16.1 Å². The van der Waals surface area contributed by atoms with Crippen molar-refractivity contribution in [3.05, 3.63) is 17.3 Å². The highest BCUT2D eigenvalue weighted by atomic mass is 35.5. The molecule has 0 aromatic carbocycles. The van der Waals surface area contributed by atoms with Gasteiger partial charge in [0.05, 0.1) is 11.6 Å². The van der Waals surface area contributed by atoms with E-state index in [1.165, 1.54) is 12.3 Å². The van der Waals surface area contributed by atoms with Gasteiger partial charge in [-0.25, -0.2) is 18.5 Å². The van der Waals surface area contributed by atoms with Gasteiger partial charge in [-0.15, -0.1) is 0 Å². The van der Waals surface area contributed by atoms with Crippen LogP contribution >= 0.6 is 11.6 Å². The average Bonchev–Trinajstić information content (AvgIpc) is 2.38. The number of rotatable bonds is 3. The Labute approximate surface area is 116 Å². The van der Waals surface area contributed by atoms with Gasteiger partial charge in [-0.2, -0.15) is 0 Å². The van der Waals surface area contributed by atoms with Crippen molar-refractivity contribution in [3.63, 3.8) is 0 Å². The van der Waals surface area contributed by atoms with Gasteiger partial charge in [0, 0.05) is 26.3 Å². The van der Waals surface area contributed by atoms with E-state index in [1.807, 2.05) is 0 Å². The lowest BCUT2D eigenvalue weighted by atomic mass is 10.3. The highest BCUT2D eigenvalue weighted by molar-refractivity contribution is 7.89. The first-order valence-corrected chi connectivity index (χ1v) is 7.55. The molecule has 0 saturated carbocycles. The number of ether oxygens (including phenoxy) is 1. The van der Waals surface area contributed by atoms with Crippen LogP contribution in [0.2, 0.25) is 5.02 Å². The molecule has 1 aromatic heterocycles. The molecule has 0 spiro atoms. The first-order valence-electron chi connectivity index (χ1n) is 5.63. The molecule has 0 amide bonds. The highest BCUT2D eigenvalue weighted by Crippen LogP contribution is 2.26. The second-order valence-electron chi connectivity index (χ2n) is 4.16. The molecule has 3 N–H and O–H groups in total. The quantitative estimate of drug-likeness (QED) is 0.800. The Morgan fingerprint density at radius 1 is 1.63 bits per heavy atom. The smallest absolute Gasteiger partial charge is 0.239 e. The maximum Gasteiger partial charge on any atom is 0.239 e. The zero-order valence-corrected chi connectivity index (χ0v) is 11.9. The van der Waals surface area contributed by atoms with Crippen molar-refractivity contribution in [2.45, 2.75) is 11.1 Å². The standard InChI is InChI=1S/C10H15ClN4O3S/c1-15(9-6-13-2-3-18-9)10-8(11)4-7(5-14-10)19(12,16)17/h4-5,9,13H,2-3,6H2,1H3,(H2,12,16,17). The molecular weight excluding hydrogens is 292 g/mol.